The Labute approximate surface area is 191 Å². The summed E-state index contributed by atoms with van der Waals surface area (Å²) >= 11 is 5.45. The van der Waals surface area contributed by atoms with Crippen LogP contribution in [-0.2, 0) is 14.3 Å². The lowest BCUT2D eigenvalue weighted by Crippen LogP contribution is -2.14. The molecule has 6 nitrogen and oxygen atoms in total. The molecule has 1 amide bonds. The van der Waals surface area contributed by atoms with Crippen molar-refractivity contribution in [2.24, 2.45) is 0 Å². The van der Waals surface area contributed by atoms with Crippen LogP contribution in [0.4, 0.5) is 5.69 Å². The number of methoxy groups -OCH3 is 1. The Morgan fingerprint density at radius 1 is 1.28 bits per heavy atom. The molecule has 0 saturated carbocycles. The molecule has 150 valence electrons. The standard InChI is InChI=1S/C21H18BrIN2O4/c1-12-4-5-18(13(2)6-12)25-21(27)15(10-24)7-14-8-16(22)20(17(23)9-14)29-11-19(26)28-3/h4-9H,11H2,1-3H3,(H,25,27)/b15-7+. The summed E-state index contributed by atoms with van der Waals surface area (Å²) in [4.78, 5) is 23.8. The largest absolute Gasteiger partial charge is 0.480 e. The molecule has 0 spiro atoms. The molecule has 0 atom stereocenters. The van der Waals surface area contributed by atoms with E-state index in [4.69, 9.17) is 4.74 Å². The first-order chi connectivity index (χ1) is 13.7. The zero-order valence-electron chi connectivity index (χ0n) is 16.0. The van der Waals surface area contributed by atoms with E-state index in [9.17, 15) is 14.9 Å². The predicted octanol–water partition coefficient (Wildman–Crippen LogP) is 4.77. The third-order valence-electron chi connectivity index (χ3n) is 3.89. The zero-order chi connectivity index (χ0) is 21.6. The third kappa shape index (κ3) is 6.30. The normalized spacial score (nSPS) is 10.8. The maximum Gasteiger partial charge on any atom is 0.343 e. The van der Waals surface area contributed by atoms with Crippen molar-refractivity contribution in [3.8, 4) is 11.8 Å². The highest BCUT2D eigenvalue weighted by molar-refractivity contribution is 14.1. The van der Waals surface area contributed by atoms with Crippen LogP contribution in [0, 0.1) is 28.7 Å². The molecule has 0 aliphatic carbocycles. The number of carbonyl (C=O) groups is 2. The van der Waals surface area contributed by atoms with Crippen molar-refractivity contribution in [1.82, 2.24) is 0 Å². The van der Waals surface area contributed by atoms with Gasteiger partial charge in [-0.25, -0.2) is 4.79 Å². The molecule has 2 aromatic carbocycles. The Morgan fingerprint density at radius 2 is 2.00 bits per heavy atom. The summed E-state index contributed by atoms with van der Waals surface area (Å²) in [5.41, 5.74) is 3.27. The van der Waals surface area contributed by atoms with Crippen molar-refractivity contribution in [1.29, 1.82) is 5.26 Å². The number of hydrogen-bond acceptors (Lipinski definition) is 5. The summed E-state index contributed by atoms with van der Waals surface area (Å²) < 4.78 is 11.3. The summed E-state index contributed by atoms with van der Waals surface area (Å²) in [6, 6.07) is 11.1. The second kappa shape index (κ2) is 10.4. The number of hydrogen-bond donors (Lipinski definition) is 1. The first kappa shape index (κ1) is 22.9. The molecule has 8 heteroatoms. The average molecular weight is 569 g/mol. The molecule has 0 aliphatic heterocycles. The highest BCUT2D eigenvalue weighted by Gasteiger charge is 2.14. The van der Waals surface area contributed by atoms with E-state index in [2.05, 4.69) is 48.6 Å². The Bertz CT molecular complexity index is 1000. The van der Waals surface area contributed by atoms with Crippen LogP contribution in [0.15, 0.2) is 40.4 Å². The molecule has 0 fully saturated rings. The molecule has 0 saturated heterocycles. The summed E-state index contributed by atoms with van der Waals surface area (Å²) in [6.07, 6.45) is 1.50. The minimum absolute atomic E-state index is 0.0316. The molecule has 0 aliphatic rings. The maximum absolute atomic E-state index is 12.5. The highest BCUT2D eigenvalue weighted by Crippen LogP contribution is 2.33. The van der Waals surface area contributed by atoms with Crippen LogP contribution < -0.4 is 10.1 Å². The molecular weight excluding hydrogens is 551 g/mol. The van der Waals surface area contributed by atoms with Gasteiger partial charge in [0.2, 0.25) is 0 Å². The Morgan fingerprint density at radius 3 is 2.59 bits per heavy atom. The van der Waals surface area contributed by atoms with Gasteiger partial charge in [0, 0.05) is 5.69 Å². The topological polar surface area (TPSA) is 88.4 Å². The van der Waals surface area contributed by atoms with Crippen LogP contribution in [0.1, 0.15) is 16.7 Å². The molecule has 0 bridgehead atoms. The number of anilines is 1. The number of nitrogens with zero attached hydrogens (tertiary/aromatic N) is 1. The van der Waals surface area contributed by atoms with Gasteiger partial charge in [-0.15, -0.1) is 0 Å². The molecule has 0 unspecified atom stereocenters. The van der Waals surface area contributed by atoms with Gasteiger partial charge in [0.05, 0.1) is 15.2 Å². The van der Waals surface area contributed by atoms with Crippen molar-refractivity contribution in [2.45, 2.75) is 13.8 Å². The highest BCUT2D eigenvalue weighted by atomic mass is 127. The summed E-state index contributed by atoms with van der Waals surface area (Å²) in [7, 11) is 1.28. The number of rotatable bonds is 6. The molecule has 0 heterocycles. The predicted molar refractivity (Wildman–Crippen MR) is 123 cm³/mol. The SMILES string of the molecule is COC(=O)COc1c(Br)cc(/C=C(\C#N)C(=O)Nc2ccc(C)cc2C)cc1I. The second-order valence-electron chi connectivity index (χ2n) is 6.12. The van der Waals surface area contributed by atoms with E-state index in [0.29, 0.717) is 25.0 Å². The first-order valence-electron chi connectivity index (χ1n) is 8.44. The number of carbonyl (C=O) groups excluding carboxylic acids is 2. The fourth-order valence-corrected chi connectivity index (χ4v) is 4.22. The molecule has 29 heavy (non-hydrogen) atoms. The fraction of sp³-hybridized carbons (Fsp3) is 0.190. The van der Waals surface area contributed by atoms with Crippen molar-refractivity contribution in [3.05, 3.63) is 60.6 Å². The van der Waals surface area contributed by atoms with Crippen molar-refractivity contribution in [2.75, 3.05) is 19.0 Å². The average Bonchev–Trinajstić information content (AvgIpc) is 2.67. The second-order valence-corrected chi connectivity index (χ2v) is 8.14. The lowest BCUT2D eigenvalue weighted by molar-refractivity contribution is -0.142. The van der Waals surface area contributed by atoms with Gasteiger partial charge >= 0.3 is 5.97 Å². The molecule has 0 aromatic heterocycles. The number of amides is 1. The van der Waals surface area contributed by atoms with Crippen molar-refractivity contribution in [3.63, 3.8) is 0 Å². The molecule has 2 aromatic rings. The Kier molecular flexibility index (Phi) is 8.22. The van der Waals surface area contributed by atoms with E-state index in [1.165, 1.54) is 13.2 Å². The third-order valence-corrected chi connectivity index (χ3v) is 5.28. The number of aryl methyl sites for hydroxylation is 2. The van der Waals surface area contributed by atoms with Gasteiger partial charge in [-0.05, 0) is 87.8 Å². The van der Waals surface area contributed by atoms with Crippen molar-refractivity contribution >= 4 is 62.2 Å². The quantitative estimate of drug-likeness (QED) is 0.235. The smallest absolute Gasteiger partial charge is 0.343 e. The number of halogens is 2. The van der Waals surface area contributed by atoms with E-state index in [-0.39, 0.29) is 12.2 Å². The summed E-state index contributed by atoms with van der Waals surface area (Å²) in [5.74, 6) is -0.505. The zero-order valence-corrected chi connectivity index (χ0v) is 19.8. The van der Waals surface area contributed by atoms with Crippen LogP contribution in [0.2, 0.25) is 0 Å². The van der Waals surface area contributed by atoms with Crippen LogP contribution in [0.25, 0.3) is 6.08 Å². The van der Waals surface area contributed by atoms with Gasteiger partial charge in [-0.1, -0.05) is 17.7 Å². The molecule has 1 N–H and O–H groups in total. The number of ether oxygens (including phenoxy) is 2. The minimum Gasteiger partial charge on any atom is -0.480 e. The summed E-state index contributed by atoms with van der Waals surface area (Å²) in [6.45, 7) is 3.64. The molecule has 0 radical (unpaired) electrons. The number of benzene rings is 2. The van der Waals surface area contributed by atoms with E-state index in [1.807, 2.05) is 38.1 Å². The van der Waals surface area contributed by atoms with Gasteiger partial charge in [-0.2, -0.15) is 5.26 Å². The maximum atomic E-state index is 12.5. The van der Waals surface area contributed by atoms with Crippen LogP contribution in [-0.4, -0.2) is 25.6 Å². The lowest BCUT2D eigenvalue weighted by Gasteiger charge is -2.11. The minimum atomic E-state index is -0.494. The number of esters is 1. The lowest BCUT2D eigenvalue weighted by atomic mass is 10.1. The molecule has 2 rings (SSSR count). The first-order valence-corrected chi connectivity index (χ1v) is 10.3. The van der Waals surface area contributed by atoms with Crippen LogP contribution in [0.3, 0.4) is 0 Å². The van der Waals surface area contributed by atoms with Gasteiger partial charge < -0.3 is 14.8 Å². The summed E-state index contributed by atoms with van der Waals surface area (Å²) in [5, 5.41) is 12.2. The van der Waals surface area contributed by atoms with Gasteiger partial charge in [0.25, 0.3) is 5.91 Å². The van der Waals surface area contributed by atoms with Crippen LogP contribution in [0.5, 0.6) is 5.75 Å². The van der Waals surface area contributed by atoms with Gasteiger partial charge in [0.1, 0.15) is 17.4 Å². The number of nitriles is 1. The van der Waals surface area contributed by atoms with Crippen molar-refractivity contribution < 1.29 is 19.1 Å². The van der Waals surface area contributed by atoms with E-state index < -0.39 is 11.9 Å². The van der Waals surface area contributed by atoms with Crippen LogP contribution >= 0.6 is 38.5 Å². The van der Waals surface area contributed by atoms with E-state index in [1.54, 1.807) is 12.1 Å². The van der Waals surface area contributed by atoms with Gasteiger partial charge in [0.15, 0.2) is 6.61 Å². The van der Waals surface area contributed by atoms with E-state index in [0.717, 1.165) is 11.1 Å². The fourth-order valence-electron chi connectivity index (χ4n) is 2.45. The van der Waals surface area contributed by atoms with Gasteiger partial charge in [-0.3, -0.25) is 4.79 Å². The Balaban J connectivity index is 2.24. The Hall–Kier alpha value is -2.38. The van der Waals surface area contributed by atoms with E-state index >= 15 is 0 Å². The number of nitrogens with one attached hydrogen (secondary N) is 1. The molecular formula is C21H18BrIN2O4. The monoisotopic (exact) mass is 568 g/mol.